The van der Waals surface area contributed by atoms with E-state index in [-0.39, 0.29) is 64.6 Å². The van der Waals surface area contributed by atoms with E-state index in [0.717, 1.165) is 0 Å². The summed E-state index contributed by atoms with van der Waals surface area (Å²) in [5.74, 6) is 0. The molecule has 0 heterocycles. The number of phosphoric ester groups is 1. The molecule has 0 aliphatic heterocycles. The van der Waals surface area contributed by atoms with Crippen LogP contribution in [-0.2, 0) is 13.6 Å². The molecule has 0 bridgehead atoms. The Balaban J connectivity index is 0. The second-order valence-corrected chi connectivity index (χ2v) is 3.98. The molecule has 0 aromatic rings. The van der Waals surface area contributed by atoms with E-state index in [0.29, 0.717) is 6.54 Å². The molecule has 7 heteroatoms. The molecule has 1 atom stereocenters. The van der Waals surface area contributed by atoms with Crippen LogP contribution in [0.5, 0.6) is 0 Å². The number of hydrogen-bond donors (Lipinski definition) is 1. The number of nitrogens with zero attached hydrogens (tertiary/aromatic N) is 1. The Kier molecular flexibility index (Phi) is 11.8. The standard InChI is InChI=1S/C6H16NO4P.K.H/c1-4-10-12(8,9)11-6-5-7(2)3;;/h4-6H2,1-3H3,(H,8,9);;. The van der Waals surface area contributed by atoms with E-state index < -0.39 is 7.82 Å². The van der Waals surface area contributed by atoms with Crippen molar-refractivity contribution in [2.45, 2.75) is 6.92 Å². The summed E-state index contributed by atoms with van der Waals surface area (Å²) in [5.41, 5.74) is 0. The molecule has 0 aliphatic rings. The zero-order valence-electron chi connectivity index (χ0n) is 7.69. The van der Waals surface area contributed by atoms with Crippen LogP contribution in [0.4, 0.5) is 0 Å². The van der Waals surface area contributed by atoms with Gasteiger partial charge in [0, 0.05) is 6.54 Å². The van der Waals surface area contributed by atoms with E-state index in [4.69, 9.17) is 4.89 Å². The van der Waals surface area contributed by atoms with Gasteiger partial charge in [-0.2, -0.15) is 0 Å². The van der Waals surface area contributed by atoms with E-state index >= 15 is 0 Å². The van der Waals surface area contributed by atoms with Crippen LogP contribution in [0.1, 0.15) is 6.92 Å². The molecule has 76 valence electrons. The van der Waals surface area contributed by atoms with Crippen LogP contribution < -0.4 is 0 Å². The maximum absolute atomic E-state index is 10.9. The molecular weight excluding hydrogens is 220 g/mol. The number of rotatable bonds is 6. The molecule has 0 aromatic heterocycles. The van der Waals surface area contributed by atoms with Gasteiger partial charge in [-0.15, -0.1) is 0 Å². The van der Waals surface area contributed by atoms with Crippen molar-refractivity contribution in [3.8, 4) is 0 Å². The first-order valence-corrected chi connectivity index (χ1v) is 5.24. The van der Waals surface area contributed by atoms with Crippen LogP contribution in [0.3, 0.4) is 0 Å². The summed E-state index contributed by atoms with van der Waals surface area (Å²) in [6.07, 6.45) is 0. The molecule has 0 fully saturated rings. The predicted molar refractivity (Wildman–Crippen MR) is 53.1 cm³/mol. The molecule has 0 rings (SSSR count). The summed E-state index contributed by atoms with van der Waals surface area (Å²) in [4.78, 5) is 10.8. The molecule has 5 nitrogen and oxygen atoms in total. The first-order valence-electron chi connectivity index (χ1n) is 3.74. The molecule has 0 saturated carbocycles. The third-order valence-corrected chi connectivity index (χ3v) is 2.18. The van der Waals surface area contributed by atoms with Crippen molar-refractivity contribution in [3.63, 3.8) is 0 Å². The SMILES string of the molecule is CCOP(=O)(O)OCCN(C)C.[KH]. The summed E-state index contributed by atoms with van der Waals surface area (Å²) in [5, 5.41) is 0. The van der Waals surface area contributed by atoms with Crippen LogP contribution in [0.15, 0.2) is 0 Å². The minimum absolute atomic E-state index is 0. The number of hydrogen-bond acceptors (Lipinski definition) is 4. The summed E-state index contributed by atoms with van der Waals surface area (Å²) in [6.45, 7) is 2.60. The van der Waals surface area contributed by atoms with Crippen LogP contribution in [0.25, 0.3) is 0 Å². The van der Waals surface area contributed by atoms with Gasteiger partial charge in [0.2, 0.25) is 0 Å². The fraction of sp³-hybridized carbons (Fsp3) is 1.00. The van der Waals surface area contributed by atoms with Crippen molar-refractivity contribution >= 4 is 59.2 Å². The summed E-state index contributed by atoms with van der Waals surface area (Å²) >= 11 is 0. The normalized spacial score (nSPS) is 15.2. The first kappa shape index (κ1) is 17.1. The zero-order valence-corrected chi connectivity index (χ0v) is 8.58. The predicted octanol–water partition coefficient (Wildman–Crippen LogP) is 0.0530. The van der Waals surface area contributed by atoms with Gasteiger partial charge in [-0.3, -0.25) is 9.05 Å². The van der Waals surface area contributed by atoms with E-state index in [1.807, 2.05) is 19.0 Å². The average molecular weight is 237 g/mol. The zero-order chi connectivity index (χ0) is 9.61. The van der Waals surface area contributed by atoms with Crippen molar-refractivity contribution in [1.82, 2.24) is 4.90 Å². The Labute approximate surface area is 122 Å². The molecule has 0 saturated heterocycles. The monoisotopic (exact) mass is 237 g/mol. The Morgan fingerprint density at radius 3 is 2.31 bits per heavy atom. The molecular formula is C6H17KNO4P. The Bertz CT molecular complexity index is 167. The number of phosphoric acid groups is 1. The maximum atomic E-state index is 10.9. The summed E-state index contributed by atoms with van der Waals surface area (Å²) < 4.78 is 20.0. The second kappa shape index (κ2) is 8.97. The Hall–Kier alpha value is 1.71. The van der Waals surface area contributed by atoms with Gasteiger partial charge < -0.3 is 9.79 Å². The third-order valence-electron chi connectivity index (χ3n) is 1.09. The molecule has 1 N–H and O–H groups in total. The molecule has 0 aromatic carbocycles. The molecule has 0 radical (unpaired) electrons. The quantitative estimate of drug-likeness (QED) is 0.522. The van der Waals surface area contributed by atoms with Crippen LogP contribution in [-0.4, -0.2) is 95.0 Å². The van der Waals surface area contributed by atoms with E-state index in [1.54, 1.807) is 6.92 Å². The second-order valence-electron chi connectivity index (χ2n) is 2.52. The van der Waals surface area contributed by atoms with Crippen LogP contribution in [0, 0.1) is 0 Å². The third kappa shape index (κ3) is 11.6. The van der Waals surface area contributed by atoms with Gasteiger partial charge >= 0.3 is 59.2 Å². The molecule has 0 spiro atoms. The van der Waals surface area contributed by atoms with E-state index in [2.05, 4.69) is 9.05 Å². The van der Waals surface area contributed by atoms with Crippen molar-refractivity contribution in [2.24, 2.45) is 0 Å². The molecule has 0 aliphatic carbocycles. The summed E-state index contributed by atoms with van der Waals surface area (Å²) in [6, 6.07) is 0. The van der Waals surface area contributed by atoms with Crippen molar-refractivity contribution in [1.29, 1.82) is 0 Å². The molecule has 1 unspecified atom stereocenters. The Morgan fingerprint density at radius 1 is 1.38 bits per heavy atom. The molecule has 13 heavy (non-hydrogen) atoms. The summed E-state index contributed by atoms with van der Waals surface area (Å²) in [7, 11) is -0.0684. The topological polar surface area (TPSA) is 59.0 Å². The van der Waals surface area contributed by atoms with Crippen molar-refractivity contribution < 1.29 is 18.5 Å². The molecule has 0 amide bonds. The fourth-order valence-electron chi connectivity index (χ4n) is 0.539. The van der Waals surface area contributed by atoms with Crippen LogP contribution in [0.2, 0.25) is 0 Å². The van der Waals surface area contributed by atoms with Gasteiger partial charge in [0.25, 0.3) is 0 Å². The van der Waals surface area contributed by atoms with Gasteiger partial charge in [-0.05, 0) is 21.0 Å². The number of likely N-dealkylation sites (N-methyl/N-ethyl adjacent to an activating group) is 1. The van der Waals surface area contributed by atoms with E-state index in [9.17, 15) is 4.57 Å². The van der Waals surface area contributed by atoms with E-state index in [1.165, 1.54) is 0 Å². The van der Waals surface area contributed by atoms with Crippen molar-refractivity contribution in [2.75, 3.05) is 33.9 Å². The van der Waals surface area contributed by atoms with Gasteiger partial charge in [0.05, 0.1) is 13.2 Å². The van der Waals surface area contributed by atoms with Crippen molar-refractivity contribution in [3.05, 3.63) is 0 Å². The van der Waals surface area contributed by atoms with Gasteiger partial charge in [-0.25, -0.2) is 4.57 Å². The van der Waals surface area contributed by atoms with Gasteiger partial charge in [-0.1, -0.05) is 0 Å². The minimum atomic E-state index is -3.78. The van der Waals surface area contributed by atoms with Crippen LogP contribution >= 0.6 is 7.82 Å². The van der Waals surface area contributed by atoms with Gasteiger partial charge in [0.15, 0.2) is 0 Å². The average Bonchev–Trinajstić information content (AvgIpc) is 1.85. The Morgan fingerprint density at radius 2 is 1.92 bits per heavy atom. The fourth-order valence-corrected chi connectivity index (χ4v) is 1.25. The van der Waals surface area contributed by atoms with Gasteiger partial charge in [0.1, 0.15) is 0 Å². The first-order chi connectivity index (χ1) is 5.48.